The minimum absolute atomic E-state index is 0.0899. The first-order chi connectivity index (χ1) is 12.8. The van der Waals surface area contributed by atoms with Crippen LogP contribution in [0.25, 0.3) is 0 Å². The van der Waals surface area contributed by atoms with Crippen molar-refractivity contribution in [3.8, 4) is 11.5 Å². The van der Waals surface area contributed by atoms with Gasteiger partial charge < -0.3 is 20.1 Å². The molecule has 0 aliphatic carbocycles. The van der Waals surface area contributed by atoms with Crippen LogP contribution in [0.3, 0.4) is 0 Å². The van der Waals surface area contributed by atoms with Crippen molar-refractivity contribution in [2.45, 2.75) is 27.7 Å². The monoisotopic (exact) mass is 370 g/mol. The average molecular weight is 370 g/mol. The standard InChI is InChI=1S/C21H26N2O4/c1-5-26-17-11-9-15(10-12-17)22-19(24)14-27-18-8-6-7-16(13-18)23-20(25)21(2,3)4/h6-13H,5,14H2,1-4H3,(H,22,24)(H,23,25). The predicted molar refractivity (Wildman–Crippen MR) is 106 cm³/mol. The van der Waals surface area contributed by atoms with Gasteiger partial charge in [0.05, 0.1) is 6.61 Å². The number of nitrogens with one attached hydrogen (secondary N) is 2. The molecule has 0 aliphatic rings. The second-order valence-electron chi connectivity index (χ2n) is 7.03. The van der Waals surface area contributed by atoms with Gasteiger partial charge in [0, 0.05) is 22.9 Å². The second-order valence-corrected chi connectivity index (χ2v) is 7.03. The molecule has 2 rings (SSSR count). The van der Waals surface area contributed by atoms with E-state index in [-0.39, 0.29) is 18.4 Å². The summed E-state index contributed by atoms with van der Waals surface area (Å²) in [6.45, 7) is 7.89. The topological polar surface area (TPSA) is 76.7 Å². The van der Waals surface area contributed by atoms with Gasteiger partial charge in [-0.15, -0.1) is 0 Å². The summed E-state index contributed by atoms with van der Waals surface area (Å²) in [6.07, 6.45) is 0. The van der Waals surface area contributed by atoms with Gasteiger partial charge in [-0.05, 0) is 43.3 Å². The van der Waals surface area contributed by atoms with Crippen molar-refractivity contribution in [3.63, 3.8) is 0 Å². The third kappa shape index (κ3) is 6.66. The Bertz CT molecular complexity index is 780. The van der Waals surface area contributed by atoms with E-state index < -0.39 is 5.41 Å². The first-order valence-corrected chi connectivity index (χ1v) is 8.85. The van der Waals surface area contributed by atoms with Crippen molar-refractivity contribution in [2.24, 2.45) is 5.41 Å². The molecule has 0 aliphatic heterocycles. The first kappa shape index (κ1) is 20.3. The Labute approximate surface area is 159 Å². The third-order valence-corrected chi connectivity index (χ3v) is 3.59. The maximum atomic E-state index is 12.1. The summed E-state index contributed by atoms with van der Waals surface area (Å²) in [5.41, 5.74) is 0.798. The normalized spacial score (nSPS) is 10.8. The van der Waals surface area contributed by atoms with E-state index in [9.17, 15) is 9.59 Å². The van der Waals surface area contributed by atoms with Crippen LogP contribution in [-0.4, -0.2) is 25.0 Å². The van der Waals surface area contributed by atoms with E-state index in [2.05, 4.69) is 10.6 Å². The molecule has 27 heavy (non-hydrogen) atoms. The Balaban J connectivity index is 1.87. The molecule has 0 atom stereocenters. The Morgan fingerprint density at radius 3 is 2.22 bits per heavy atom. The van der Waals surface area contributed by atoms with Crippen LogP contribution in [0.15, 0.2) is 48.5 Å². The highest BCUT2D eigenvalue weighted by molar-refractivity contribution is 5.94. The van der Waals surface area contributed by atoms with Crippen LogP contribution in [0.1, 0.15) is 27.7 Å². The SMILES string of the molecule is CCOc1ccc(NC(=O)COc2cccc(NC(=O)C(C)(C)C)c2)cc1. The van der Waals surface area contributed by atoms with Gasteiger partial charge in [0.2, 0.25) is 5.91 Å². The summed E-state index contributed by atoms with van der Waals surface area (Å²) in [4.78, 5) is 24.1. The van der Waals surface area contributed by atoms with Crippen LogP contribution in [0.2, 0.25) is 0 Å². The number of amides is 2. The quantitative estimate of drug-likeness (QED) is 0.770. The number of benzene rings is 2. The molecule has 0 bridgehead atoms. The van der Waals surface area contributed by atoms with Gasteiger partial charge in [-0.25, -0.2) is 0 Å². The van der Waals surface area contributed by atoms with Gasteiger partial charge in [-0.1, -0.05) is 26.8 Å². The van der Waals surface area contributed by atoms with E-state index in [0.717, 1.165) is 5.75 Å². The summed E-state index contributed by atoms with van der Waals surface area (Å²) < 4.78 is 10.9. The minimum atomic E-state index is -0.492. The van der Waals surface area contributed by atoms with Crippen LogP contribution in [-0.2, 0) is 9.59 Å². The molecule has 0 heterocycles. The Morgan fingerprint density at radius 1 is 0.889 bits per heavy atom. The molecule has 0 aromatic heterocycles. The van der Waals surface area contributed by atoms with Gasteiger partial charge in [-0.2, -0.15) is 0 Å². The molecule has 2 amide bonds. The van der Waals surface area contributed by atoms with Crippen molar-refractivity contribution in [1.82, 2.24) is 0 Å². The fourth-order valence-electron chi connectivity index (χ4n) is 2.13. The van der Waals surface area contributed by atoms with Gasteiger partial charge in [0.25, 0.3) is 5.91 Å². The maximum Gasteiger partial charge on any atom is 0.262 e. The summed E-state index contributed by atoms with van der Waals surface area (Å²) in [5.74, 6) is 0.889. The molecule has 0 unspecified atom stereocenters. The van der Waals surface area contributed by atoms with E-state index in [1.807, 2.05) is 27.7 Å². The van der Waals surface area contributed by atoms with Gasteiger partial charge >= 0.3 is 0 Å². The predicted octanol–water partition coefficient (Wildman–Crippen LogP) is 4.09. The molecule has 0 saturated carbocycles. The molecule has 0 spiro atoms. The Morgan fingerprint density at radius 2 is 1.59 bits per heavy atom. The lowest BCUT2D eigenvalue weighted by Gasteiger charge is -2.18. The summed E-state index contributed by atoms with van der Waals surface area (Å²) >= 11 is 0. The smallest absolute Gasteiger partial charge is 0.262 e. The molecule has 0 fully saturated rings. The number of carbonyl (C=O) groups is 2. The molecular weight excluding hydrogens is 344 g/mol. The second kappa shape index (κ2) is 9.07. The lowest BCUT2D eigenvalue weighted by atomic mass is 9.95. The molecule has 6 heteroatoms. The van der Waals surface area contributed by atoms with E-state index in [4.69, 9.17) is 9.47 Å². The van der Waals surface area contributed by atoms with Gasteiger partial charge in [-0.3, -0.25) is 9.59 Å². The summed E-state index contributed by atoms with van der Waals surface area (Å²) in [6, 6.07) is 14.1. The number of ether oxygens (including phenoxy) is 2. The highest BCUT2D eigenvalue weighted by Crippen LogP contribution is 2.21. The molecule has 6 nitrogen and oxygen atoms in total. The summed E-state index contributed by atoms with van der Waals surface area (Å²) in [5, 5.41) is 5.59. The van der Waals surface area contributed by atoms with Crippen molar-refractivity contribution >= 4 is 23.2 Å². The lowest BCUT2D eigenvalue weighted by Crippen LogP contribution is -2.27. The van der Waals surface area contributed by atoms with Gasteiger partial charge in [0.1, 0.15) is 11.5 Å². The third-order valence-electron chi connectivity index (χ3n) is 3.59. The van der Waals surface area contributed by atoms with E-state index >= 15 is 0 Å². The van der Waals surface area contributed by atoms with Crippen LogP contribution in [0.4, 0.5) is 11.4 Å². The molecule has 0 saturated heterocycles. The zero-order valence-electron chi connectivity index (χ0n) is 16.2. The van der Waals surface area contributed by atoms with Crippen LogP contribution in [0.5, 0.6) is 11.5 Å². The molecule has 2 N–H and O–H groups in total. The number of anilines is 2. The number of carbonyl (C=O) groups excluding carboxylic acids is 2. The van der Waals surface area contributed by atoms with E-state index in [1.54, 1.807) is 48.5 Å². The molecular formula is C21H26N2O4. The maximum absolute atomic E-state index is 12.1. The van der Waals surface area contributed by atoms with Crippen molar-refractivity contribution in [3.05, 3.63) is 48.5 Å². The Kier molecular flexibility index (Phi) is 6.82. The first-order valence-electron chi connectivity index (χ1n) is 8.85. The average Bonchev–Trinajstić information content (AvgIpc) is 2.61. The highest BCUT2D eigenvalue weighted by atomic mass is 16.5. The Hall–Kier alpha value is -3.02. The zero-order chi connectivity index (χ0) is 19.9. The number of hydrogen-bond acceptors (Lipinski definition) is 4. The highest BCUT2D eigenvalue weighted by Gasteiger charge is 2.21. The van der Waals surface area contributed by atoms with Crippen LogP contribution >= 0.6 is 0 Å². The number of hydrogen-bond donors (Lipinski definition) is 2. The fourth-order valence-corrected chi connectivity index (χ4v) is 2.13. The zero-order valence-corrected chi connectivity index (χ0v) is 16.2. The largest absolute Gasteiger partial charge is 0.494 e. The van der Waals surface area contributed by atoms with E-state index in [1.165, 1.54) is 0 Å². The van der Waals surface area contributed by atoms with Crippen molar-refractivity contribution in [1.29, 1.82) is 0 Å². The number of rotatable bonds is 7. The minimum Gasteiger partial charge on any atom is -0.494 e. The van der Waals surface area contributed by atoms with E-state index in [0.29, 0.717) is 23.7 Å². The fraction of sp³-hybridized carbons (Fsp3) is 0.333. The summed E-state index contributed by atoms with van der Waals surface area (Å²) in [7, 11) is 0. The van der Waals surface area contributed by atoms with Crippen molar-refractivity contribution < 1.29 is 19.1 Å². The molecule has 2 aromatic carbocycles. The van der Waals surface area contributed by atoms with Crippen LogP contribution < -0.4 is 20.1 Å². The van der Waals surface area contributed by atoms with Crippen molar-refractivity contribution in [2.75, 3.05) is 23.8 Å². The molecule has 2 aromatic rings. The molecule has 0 radical (unpaired) electrons. The molecule has 144 valence electrons. The lowest BCUT2D eigenvalue weighted by molar-refractivity contribution is -0.123. The van der Waals surface area contributed by atoms with Crippen LogP contribution in [0, 0.1) is 5.41 Å². The van der Waals surface area contributed by atoms with Gasteiger partial charge in [0.15, 0.2) is 6.61 Å².